The fourth-order valence-electron chi connectivity index (χ4n) is 1.95. The Morgan fingerprint density at radius 1 is 1.39 bits per heavy atom. The van der Waals surface area contributed by atoms with Crippen molar-refractivity contribution in [1.29, 1.82) is 0 Å². The Hall–Kier alpha value is -1.98. The van der Waals surface area contributed by atoms with Crippen LogP contribution in [0.15, 0.2) is 18.2 Å². The van der Waals surface area contributed by atoms with Crippen molar-refractivity contribution >= 4 is 16.9 Å². The minimum absolute atomic E-state index is 0.218. The maximum Gasteiger partial charge on any atom is 0.431 e. The Kier molecular flexibility index (Phi) is 2.80. The Balaban J connectivity index is 2.72. The number of fused-ring (bicyclic) bond motifs is 1. The topological polar surface area (TPSA) is 53.1 Å². The van der Waals surface area contributed by atoms with Crippen molar-refractivity contribution in [3.05, 3.63) is 35.0 Å². The molecule has 0 spiro atoms. The number of carboxylic acid groups (broad SMARTS) is 1. The highest BCUT2D eigenvalue weighted by atomic mass is 19.4. The molecule has 0 aliphatic carbocycles. The quantitative estimate of drug-likeness (QED) is 0.868. The van der Waals surface area contributed by atoms with Gasteiger partial charge in [-0.15, -0.1) is 0 Å². The molecule has 6 heteroatoms. The molecule has 0 saturated heterocycles. The lowest BCUT2D eigenvalue weighted by Crippen LogP contribution is -2.11. The van der Waals surface area contributed by atoms with Crippen molar-refractivity contribution in [2.45, 2.75) is 19.5 Å². The van der Waals surface area contributed by atoms with Crippen molar-refractivity contribution in [3.63, 3.8) is 0 Å². The van der Waals surface area contributed by atoms with Gasteiger partial charge in [-0.2, -0.15) is 13.2 Å². The summed E-state index contributed by atoms with van der Waals surface area (Å²) in [5.41, 5.74) is -0.0894. The Morgan fingerprint density at radius 2 is 2.06 bits per heavy atom. The van der Waals surface area contributed by atoms with Crippen LogP contribution in [0.2, 0.25) is 0 Å². The van der Waals surface area contributed by atoms with Gasteiger partial charge in [-0.25, -0.2) is 0 Å². The first-order chi connectivity index (χ1) is 8.29. The molecule has 1 aromatic heterocycles. The summed E-state index contributed by atoms with van der Waals surface area (Å²) in [6.07, 6.45) is -5.24. The van der Waals surface area contributed by atoms with Gasteiger partial charge in [-0.1, -0.05) is 12.1 Å². The number of aryl methyl sites for hydroxylation is 1. The lowest BCUT2D eigenvalue weighted by molar-refractivity contribution is -0.142. The minimum atomic E-state index is -4.59. The molecule has 0 bridgehead atoms. The molecule has 0 aliphatic heterocycles. The normalized spacial score (nSPS) is 12.0. The summed E-state index contributed by atoms with van der Waals surface area (Å²) in [7, 11) is 0. The van der Waals surface area contributed by atoms with Crippen LogP contribution < -0.4 is 0 Å². The zero-order valence-electron chi connectivity index (χ0n) is 9.43. The first kappa shape index (κ1) is 12.5. The lowest BCUT2D eigenvalue weighted by atomic mass is 10.1. The predicted molar refractivity (Wildman–Crippen MR) is 59.4 cm³/mol. The van der Waals surface area contributed by atoms with Gasteiger partial charge in [0.2, 0.25) is 0 Å². The predicted octanol–water partition coefficient (Wildman–Crippen LogP) is 3.12. The van der Waals surface area contributed by atoms with Gasteiger partial charge in [-0.05, 0) is 18.6 Å². The third-order valence-electron chi connectivity index (χ3n) is 2.67. The zero-order chi connectivity index (χ0) is 13.5. The zero-order valence-corrected chi connectivity index (χ0v) is 9.43. The SMILES string of the molecule is Cc1ccc2c(CC(=O)O)c(C(F)(F)F)[nH]c2c1. The first-order valence-corrected chi connectivity index (χ1v) is 5.19. The van der Waals surface area contributed by atoms with Gasteiger partial charge >= 0.3 is 12.1 Å². The summed E-state index contributed by atoms with van der Waals surface area (Å²) in [4.78, 5) is 12.9. The Morgan fingerprint density at radius 3 is 2.61 bits per heavy atom. The van der Waals surface area contributed by atoms with Gasteiger partial charge in [-0.3, -0.25) is 4.79 Å². The van der Waals surface area contributed by atoms with Crippen molar-refractivity contribution < 1.29 is 23.1 Å². The summed E-state index contributed by atoms with van der Waals surface area (Å²) in [5, 5.41) is 9.01. The molecule has 0 fully saturated rings. The van der Waals surface area contributed by atoms with Gasteiger partial charge in [0.15, 0.2) is 0 Å². The van der Waals surface area contributed by atoms with E-state index >= 15 is 0 Å². The number of aliphatic carboxylic acids is 1. The second kappa shape index (κ2) is 4.04. The van der Waals surface area contributed by atoms with E-state index in [9.17, 15) is 18.0 Å². The molecule has 0 atom stereocenters. The van der Waals surface area contributed by atoms with Gasteiger partial charge in [0.05, 0.1) is 6.42 Å². The number of hydrogen-bond acceptors (Lipinski definition) is 1. The second-order valence-electron chi connectivity index (χ2n) is 4.10. The van der Waals surface area contributed by atoms with Crippen LogP contribution in [0.4, 0.5) is 13.2 Å². The Bertz CT molecular complexity index is 614. The van der Waals surface area contributed by atoms with Crippen molar-refractivity contribution in [2.24, 2.45) is 0 Å². The van der Waals surface area contributed by atoms with Gasteiger partial charge in [0.25, 0.3) is 0 Å². The highest BCUT2D eigenvalue weighted by molar-refractivity contribution is 5.89. The second-order valence-corrected chi connectivity index (χ2v) is 4.10. The van der Waals surface area contributed by atoms with E-state index in [1.807, 2.05) is 0 Å². The molecule has 2 N–H and O–H groups in total. The van der Waals surface area contributed by atoms with Gasteiger partial charge in [0.1, 0.15) is 5.69 Å². The molecule has 2 aromatic rings. The maximum absolute atomic E-state index is 12.8. The molecule has 1 aromatic carbocycles. The van der Waals surface area contributed by atoms with Crippen LogP contribution in [-0.4, -0.2) is 16.1 Å². The molecular formula is C12H10F3NO2. The number of rotatable bonds is 2. The van der Waals surface area contributed by atoms with Crippen LogP contribution in [0.25, 0.3) is 10.9 Å². The molecule has 0 unspecified atom stereocenters. The minimum Gasteiger partial charge on any atom is -0.481 e. The van der Waals surface area contributed by atoms with E-state index in [0.717, 1.165) is 5.56 Å². The molecule has 0 aliphatic rings. The summed E-state index contributed by atoms with van der Waals surface area (Å²) >= 11 is 0. The number of halogens is 3. The smallest absolute Gasteiger partial charge is 0.431 e. The molecule has 3 nitrogen and oxygen atoms in total. The fraction of sp³-hybridized carbons (Fsp3) is 0.250. The highest BCUT2D eigenvalue weighted by Gasteiger charge is 2.36. The van der Waals surface area contributed by atoms with Crippen molar-refractivity contribution in [1.82, 2.24) is 4.98 Å². The monoisotopic (exact) mass is 257 g/mol. The van der Waals surface area contributed by atoms with Crippen LogP contribution in [0.3, 0.4) is 0 Å². The van der Waals surface area contributed by atoms with E-state index in [2.05, 4.69) is 4.98 Å². The molecule has 0 saturated carbocycles. The molecular weight excluding hydrogens is 247 g/mol. The lowest BCUT2D eigenvalue weighted by Gasteiger charge is -2.06. The third kappa shape index (κ3) is 2.18. The molecule has 18 heavy (non-hydrogen) atoms. The standard InChI is InChI=1S/C12H10F3NO2/c1-6-2-3-7-8(5-10(17)18)11(12(13,14)15)16-9(7)4-6/h2-4,16H,5H2,1H3,(H,17,18). The molecule has 0 amide bonds. The number of carbonyl (C=O) groups is 1. The third-order valence-corrected chi connectivity index (χ3v) is 2.67. The number of aromatic amines is 1. The van der Waals surface area contributed by atoms with Gasteiger partial charge < -0.3 is 10.1 Å². The maximum atomic E-state index is 12.8. The summed E-state index contributed by atoms with van der Waals surface area (Å²) in [5.74, 6) is -1.29. The van der Waals surface area contributed by atoms with E-state index in [-0.39, 0.29) is 5.56 Å². The summed E-state index contributed by atoms with van der Waals surface area (Å²) in [6.45, 7) is 1.75. The van der Waals surface area contributed by atoms with Crippen LogP contribution in [0.5, 0.6) is 0 Å². The average molecular weight is 257 g/mol. The van der Waals surface area contributed by atoms with Crippen molar-refractivity contribution in [3.8, 4) is 0 Å². The number of benzene rings is 1. The summed E-state index contributed by atoms with van der Waals surface area (Å²) in [6, 6.07) is 4.73. The van der Waals surface area contributed by atoms with Crippen LogP contribution in [0.1, 0.15) is 16.8 Å². The van der Waals surface area contributed by atoms with E-state index < -0.39 is 24.3 Å². The number of aromatic nitrogens is 1. The van der Waals surface area contributed by atoms with Crippen LogP contribution in [-0.2, 0) is 17.4 Å². The number of nitrogens with one attached hydrogen (secondary N) is 1. The number of carboxylic acids is 1. The van der Waals surface area contributed by atoms with E-state index in [0.29, 0.717) is 10.9 Å². The Labute approximate surface area is 100 Å². The highest BCUT2D eigenvalue weighted by Crippen LogP contribution is 2.35. The number of H-pyrrole nitrogens is 1. The molecule has 96 valence electrons. The van der Waals surface area contributed by atoms with E-state index in [1.54, 1.807) is 19.1 Å². The fourth-order valence-corrected chi connectivity index (χ4v) is 1.95. The largest absolute Gasteiger partial charge is 0.481 e. The molecule has 0 radical (unpaired) electrons. The van der Waals surface area contributed by atoms with Crippen LogP contribution >= 0.6 is 0 Å². The molecule has 1 heterocycles. The number of hydrogen-bond donors (Lipinski definition) is 2. The number of alkyl halides is 3. The van der Waals surface area contributed by atoms with Crippen molar-refractivity contribution in [2.75, 3.05) is 0 Å². The van der Waals surface area contributed by atoms with E-state index in [1.165, 1.54) is 6.07 Å². The van der Waals surface area contributed by atoms with E-state index in [4.69, 9.17) is 5.11 Å². The average Bonchev–Trinajstić information content (AvgIpc) is 2.55. The molecule has 2 rings (SSSR count). The first-order valence-electron chi connectivity index (χ1n) is 5.19. The van der Waals surface area contributed by atoms with Gasteiger partial charge in [0, 0.05) is 16.5 Å². The summed E-state index contributed by atoms with van der Waals surface area (Å²) < 4.78 is 38.4. The van der Waals surface area contributed by atoms with Crippen LogP contribution in [0, 0.1) is 6.92 Å².